The summed E-state index contributed by atoms with van der Waals surface area (Å²) in [7, 11) is 0. The number of hydrogen-bond donors (Lipinski definition) is 1. The Morgan fingerprint density at radius 3 is 2.62 bits per heavy atom. The summed E-state index contributed by atoms with van der Waals surface area (Å²) in [6, 6.07) is 10.0. The Kier molecular flexibility index (Phi) is 4.30. The van der Waals surface area contributed by atoms with E-state index in [4.69, 9.17) is 11.6 Å². The van der Waals surface area contributed by atoms with Gasteiger partial charge in [0.1, 0.15) is 0 Å². The fourth-order valence-corrected chi connectivity index (χ4v) is 3.48. The molecular weight excluding hydrogens is 373 g/mol. The minimum Gasteiger partial charge on any atom is -0.379 e. The monoisotopic (exact) mass is 379 g/mol. The summed E-state index contributed by atoms with van der Waals surface area (Å²) in [6.45, 7) is 0.789. The highest BCUT2D eigenvalue weighted by Gasteiger charge is 2.01. The smallest absolute Gasteiger partial charge is 0.0931 e. The van der Waals surface area contributed by atoms with Crippen LogP contribution in [0.3, 0.4) is 0 Å². The van der Waals surface area contributed by atoms with Crippen LogP contribution in [0.5, 0.6) is 0 Å². The van der Waals surface area contributed by atoms with Gasteiger partial charge in [-0.1, -0.05) is 27.5 Å². The molecule has 0 radical (unpaired) electrons. The Bertz CT molecular complexity index is 498. The predicted molar refractivity (Wildman–Crippen MR) is 78.5 cm³/mol. The van der Waals surface area contributed by atoms with Crippen molar-refractivity contribution in [1.29, 1.82) is 0 Å². The molecule has 0 unspecified atom stereocenters. The van der Waals surface area contributed by atoms with Crippen LogP contribution < -0.4 is 5.32 Å². The number of anilines is 1. The molecule has 84 valence electrons. The molecule has 5 heteroatoms. The number of thiophene rings is 1. The molecule has 2 aromatic rings. The molecule has 1 heterocycles. The lowest BCUT2D eigenvalue weighted by atomic mass is 10.3. The lowest BCUT2D eigenvalue weighted by Gasteiger charge is -2.07. The fourth-order valence-electron chi connectivity index (χ4n) is 1.26. The van der Waals surface area contributed by atoms with Gasteiger partial charge in [-0.15, -0.1) is 11.3 Å². The molecule has 1 aromatic heterocycles. The van der Waals surface area contributed by atoms with E-state index in [-0.39, 0.29) is 0 Å². The van der Waals surface area contributed by atoms with Crippen molar-refractivity contribution in [1.82, 2.24) is 0 Å². The molecule has 0 spiro atoms. The molecule has 0 atom stereocenters. The normalized spacial score (nSPS) is 10.4. The highest BCUT2D eigenvalue weighted by molar-refractivity contribution is 9.11. The zero-order valence-corrected chi connectivity index (χ0v) is 12.9. The minimum atomic E-state index is 0.789. The molecule has 0 saturated heterocycles. The first-order chi connectivity index (χ1) is 7.65. The van der Waals surface area contributed by atoms with Crippen molar-refractivity contribution in [2.45, 2.75) is 6.54 Å². The number of benzene rings is 1. The molecule has 1 aromatic carbocycles. The highest BCUT2D eigenvalue weighted by Crippen LogP contribution is 2.28. The van der Waals surface area contributed by atoms with Crippen LogP contribution >= 0.6 is 54.8 Å². The highest BCUT2D eigenvalue weighted by atomic mass is 79.9. The van der Waals surface area contributed by atoms with E-state index in [1.54, 1.807) is 11.3 Å². The molecule has 0 saturated carbocycles. The van der Waals surface area contributed by atoms with E-state index in [1.165, 1.54) is 4.88 Å². The SMILES string of the molecule is Clc1ccc(CNc2ccc(Br)cc2Br)s1. The molecule has 1 N–H and O–H groups in total. The maximum absolute atomic E-state index is 5.87. The topological polar surface area (TPSA) is 12.0 Å². The average molecular weight is 382 g/mol. The van der Waals surface area contributed by atoms with Crippen molar-refractivity contribution in [3.05, 3.63) is 48.5 Å². The van der Waals surface area contributed by atoms with Gasteiger partial charge in [0.25, 0.3) is 0 Å². The molecule has 1 nitrogen and oxygen atoms in total. The van der Waals surface area contributed by atoms with Crippen molar-refractivity contribution in [3.63, 3.8) is 0 Å². The summed E-state index contributed by atoms with van der Waals surface area (Å²) in [6.07, 6.45) is 0. The largest absolute Gasteiger partial charge is 0.379 e. The molecule has 2 rings (SSSR count). The molecule has 0 bridgehead atoms. The van der Waals surface area contributed by atoms with Crippen molar-refractivity contribution in [2.24, 2.45) is 0 Å². The zero-order chi connectivity index (χ0) is 11.5. The molecule has 0 aliphatic heterocycles. The van der Waals surface area contributed by atoms with Gasteiger partial charge in [0.15, 0.2) is 0 Å². The molecule has 0 fully saturated rings. The van der Waals surface area contributed by atoms with Crippen LogP contribution in [0.2, 0.25) is 4.34 Å². The van der Waals surface area contributed by atoms with Crippen LogP contribution in [0, 0.1) is 0 Å². The summed E-state index contributed by atoms with van der Waals surface area (Å²) in [5.74, 6) is 0. The van der Waals surface area contributed by atoms with Crippen LogP contribution in [-0.4, -0.2) is 0 Å². The van der Waals surface area contributed by atoms with Gasteiger partial charge in [-0.25, -0.2) is 0 Å². The van der Waals surface area contributed by atoms with Crippen LogP contribution in [0.25, 0.3) is 0 Å². The number of halogens is 3. The van der Waals surface area contributed by atoms with Crippen molar-refractivity contribution < 1.29 is 0 Å². The number of hydrogen-bond acceptors (Lipinski definition) is 2. The van der Waals surface area contributed by atoms with Gasteiger partial charge in [-0.2, -0.15) is 0 Å². The number of rotatable bonds is 3. The standard InChI is InChI=1S/C11H8Br2ClNS/c12-7-1-3-10(9(13)5-7)15-6-8-2-4-11(14)16-8/h1-5,15H,6H2. The summed E-state index contributed by atoms with van der Waals surface area (Å²) in [5.41, 5.74) is 1.08. The van der Waals surface area contributed by atoms with E-state index in [9.17, 15) is 0 Å². The van der Waals surface area contributed by atoms with Gasteiger partial charge < -0.3 is 5.32 Å². The summed E-state index contributed by atoms with van der Waals surface area (Å²) in [4.78, 5) is 1.22. The van der Waals surface area contributed by atoms with Crippen LogP contribution in [0.4, 0.5) is 5.69 Å². The zero-order valence-electron chi connectivity index (χ0n) is 8.14. The maximum Gasteiger partial charge on any atom is 0.0931 e. The quantitative estimate of drug-likeness (QED) is 0.736. The Labute approximate surface area is 120 Å². The third-order valence-corrected chi connectivity index (χ3v) is 4.39. The van der Waals surface area contributed by atoms with Crippen LogP contribution in [0.15, 0.2) is 39.3 Å². The molecule has 0 amide bonds. The lowest BCUT2D eigenvalue weighted by molar-refractivity contribution is 1.19. The maximum atomic E-state index is 5.87. The van der Waals surface area contributed by atoms with Gasteiger partial charge in [-0.3, -0.25) is 0 Å². The number of nitrogens with one attached hydrogen (secondary N) is 1. The Balaban J connectivity index is 2.04. The Hall–Kier alpha value is -0.0300. The summed E-state index contributed by atoms with van der Waals surface area (Å²) in [5, 5.41) is 3.35. The first-order valence-electron chi connectivity index (χ1n) is 4.58. The van der Waals surface area contributed by atoms with Crippen molar-refractivity contribution in [3.8, 4) is 0 Å². The van der Waals surface area contributed by atoms with Crippen LogP contribution in [-0.2, 0) is 6.54 Å². The predicted octanol–water partition coefficient (Wildman–Crippen LogP) is 5.54. The second-order valence-electron chi connectivity index (χ2n) is 3.18. The van der Waals surface area contributed by atoms with Gasteiger partial charge in [0.05, 0.1) is 4.34 Å². The van der Waals surface area contributed by atoms with Crippen molar-refractivity contribution >= 4 is 60.5 Å². The van der Waals surface area contributed by atoms with Gasteiger partial charge in [0.2, 0.25) is 0 Å². The van der Waals surface area contributed by atoms with E-state index in [0.29, 0.717) is 0 Å². The molecular formula is C11H8Br2ClNS. The third kappa shape index (κ3) is 3.23. The second-order valence-corrected chi connectivity index (χ2v) is 6.75. The minimum absolute atomic E-state index is 0.789. The molecule has 16 heavy (non-hydrogen) atoms. The molecule has 0 aliphatic rings. The van der Waals surface area contributed by atoms with Gasteiger partial charge >= 0.3 is 0 Å². The van der Waals surface area contributed by atoms with E-state index in [1.807, 2.05) is 30.3 Å². The third-order valence-electron chi connectivity index (χ3n) is 2.01. The summed E-state index contributed by atoms with van der Waals surface area (Å²) < 4.78 is 2.93. The van der Waals surface area contributed by atoms with Crippen LogP contribution in [0.1, 0.15) is 4.88 Å². The van der Waals surface area contributed by atoms with Gasteiger partial charge in [0, 0.05) is 26.1 Å². The summed E-state index contributed by atoms with van der Waals surface area (Å²) >= 11 is 14.4. The Morgan fingerprint density at radius 2 is 2.00 bits per heavy atom. The van der Waals surface area contributed by atoms with Gasteiger partial charge in [-0.05, 0) is 46.3 Å². The fraction of sp³-hybridized carbons (Fsp3) is 0.0909. The second kappa shape index (κ2) is 5.54. The molecule has 0 aliphatic carbocycles. The lowest BCUT2D eigenvalue weighted by Crippen LogP contribution is -1.97. The average Bonchev–Trinajstić information content (AvgIpc) is 2.63. The first-order valence-corrected chi connectivity index (χ1v) is 7.36. The Morgan fingerprint density at radius 1 is 1.19 bits per heavy atom. The van der Waals surface area contributed by atoms with E-state index < -0.39 is 0 Å². The first kappa shape index (κ1) is 12.4. The van der Waals surface area contributed by atoms with E-state index in [0.717, 1.165) is 25.5 Å². The van der Waals surface area contributed by atoms with E-state index in [2.05, 4.69) is 37.2 Å². The van der Waals surface area contributed by atoms with Crippen molar-refractivity contribution in [2.75, 3.05) is 5.32 Å². The van der Waals surface area contributed by atoms with E-state index >= 15 is 0 Å².